The minimum absolute atomic E-state index is 0. The van der Waals surface area contributed by atoms with Crippen molar-refractivity contribution in [3.63, 3.8) is 0 Å². The molecule has 0 aliphatic carbocycles. The van der Waals surface area contributed by atoms with Crippen LogP contribution in [0.3, 0.4) is 0 Å². The fourth-order valence-corrected chi connectivity index (χ4v) is 9.97. The van der Waals surface area contributed by atoms with E-state index in [1.54, 1.807) is 65.8 Å². The van der Waals surface area contributed by atoms with Crippen LogP contribution in [-0.2, 0) is 48.4 Å². The molecule has 0 unspecified atom stereocenters. The van der Waals surface area contributed by atoms with Crippen molar-refractivity contribution < 1.29 is 85.8 Å². The Morgan fingerprint density at radius 2 is 0.552 bits per heavy atom. The molecule has 2 saturated heterocycles. The van der Waals surface area contributed by atoms with E-state index in [0.717, 1.165) is 0 Å². The van der Waals surface area contributed by atoms with E-state index < -0.39 is 55.5 Å². The van der Waals surface area contributed by atoms with Gasteiger partial charge >= 0.3 is 55.6 Å². The monoisotopic (exact) mass is 1040 g/mol. The van der Waals surface area contributed by atoms with Gasteiger partial charge in [-0.1, -0.05) is 36.4 Å². The van der Waals surface area contributed by atoms with Crippen LogP contribution in [0.25, 0.3) is 0 Å². The summed E-state index contributed by atoms with van der Waals surface area (Å²) in [4.78, 5) is 97.6. The Kier molecular flexibility index (Phi) is 23.9. The van der Waals surface area contributed by atoms with E-state index in [1.807, 2.05) is 0 Å². The van der Waals surface area contributed by atoms with Crippen LogP contribution in [0.2, 0.25) is 0 Å². The van der Waals surface area contributed by atoms with Gasteiger partial charge in [0.25, 0.3) is 0 Å². The molecule has 24 nitrogen and oxygen atoms in total. The van der Waals surface area contributed by atoms with Gasteiger partial charge in [0.1, 0.15) is 11.5 Å². The predicted molar refractivity (Wildman–Crippen MR) is 240 cm³/mol. The maximum absolute atomic E-state index is 11.2. The van der Waals surface area contributed by atoms with Gasteiger partial charge in [0, 0.05) is 89.7 Å². The van der Waals surface area contributed by atoms with Crippen LogP contribution in [0.4, 0.5) is 0 Å². The Morgan fingerprint density at radius 1 is 0.373 bits per heavy atom. The summed E-state index contributed by atoms with van der Waals surface area (Å²) in [6, 6.07) is 12.6. The van der Waals surface area contributed by atoms with Gasteiger partial charge in [0.15, 0.2) is 31.2 Å². The molecule has 4 aliphatic heterocycles. The van der Waals surface area contributed by atoms with E-state index in [-0.39, 0.29) is 91.9 Å². The zero-order valence-electron chi connectivity index (χ0n) is 35.8. The first-order valence-electron chi connectivity index (χ1n) is 20.3. The van der Waals surface area contributed by atoms with Crippen molar-refractivity contribution >= 4 is 86.8 Å². The van der Waals surface area contributed by atoms with E-state index in [1.165, 1.54) is 12.1 Å². The van der Waals surface area contributed by atoms with E-state index in [2.05, 4.69) is 0 Å². The predicted octanol–water partition coefficient (Wildman–Crippen LogP) is -3.55. The molecule has 0 spiro atoms. The molecule has 0 bridgehead atoms. The second-order valence-corrected chi connectivity index (χ2v) is 19.3. The Morgan fingerprint density at radius 3 is 0.716 bits per heavy atom. The molecular formula is C40H57GaN6O18S2. The van der Waals surface area contributed by atoms with Gasteiger partial charge in [-0.15, -0.1) is 0 Å². The van der Waals surface area contributed by atoms with Crippen LogP contribution in [0.5, 0.6) is 0 Å². The summed E-state index contributed by atoms with van der Waals surface area (Å²) in [6.07, 6.45) is 0. The number of rotatable bonds is 12. The molecule has 0 radical (unpaired) electrons. The number of Topliss-reactive ketones (excluding diaryl/α,β-unsaturated/α-hetero) is 2. The molecule has 0 saturated carbocycles. The van der Waals surface area contributed by atoms with Crippen molar-refractivity contribution in [2.75, 3.05) is 129 Å². The fraction of sp³-hybridized carbons (Fsp3) is 0.500. The van der Waals surface area contributed by atoms with Gasteiger partial charge in [-0.2, -0.15) is 0 Å². The molecule has 370 valence electrons. The summed E-state index contributed by atoms with van der Waals surface area (Å²) in [5.41, 5.74) is 0.662. The number of carbonyl (C=O) groups excluding carboxylic acids is 2. The number of hydrogen-bond donors (Lipinski definition) is 6. The summed E-state index contributed by atoms with van der Waals surface area (Å²) >= 11 is 0. The molecule has 0 amide bonds. The van der Waals surface area contributed by atoms with E-state index in [0.29, 0.717) is 89.7 Å². The molecule has 0 aromatic heterocycles. The second-order valence-electron chi connectivity index (χ2n) is 15.4. The number of fused-ring (bicyclic) bond motifs is 2. The van der Waals surface area contributed by atoms with Crippen LogP contribution < -0.4 is 0 Å². The second kappa shape index (κ2) is 27.6. The molecule has 6 N–H and O–H groups in total. The number of hydrogen-bond acceptors (Lipinski definition) is 18. The maximum atomic E-state index is 11.2. The van der Waals surface area contributed by atoms with Gasteiger partial charge in [0.05, 0.1) is 49.1 Å². The SMILES string of the molecule is O=C(O)CN1CCN(CC(=O)O)CCN(CC(=O)O)CC1.O=C(O)CN1CCN(CC(=O)O)CCN(CC(=O)O)CC1.O=C1CS(=O)(=O)c2ccccc21.O=C1CS(=O)(=O)c2ccccc21.[68GaH3]. The summed E-state index contributed by atoms with van der Waals surface area (Å²) < 4.78 is 45.0. The van der Waals surface area contributed by atoms with Crippen molar-refractivity contribution in [3.05, 3.63) is 59.7 Å². The zero-order valence-corrected chi connectivity index (χ0v) is 37.5. The first-order valence-corrected chi connectivity index (χ1v) is 23.6. The van der Waals surface area contributed by atoms with Crippen LogP contribution in [0.15, 0.2) is 58.3 Å². The number of nitrogens with zero attached hydrogens (tertiary/aromatic N) is 6. The van der Waals surface area contributed by atoms with E-state index in [4.69, 9.17) is 30.6 Å². The summed E-state index contributed by atoms with van der Waals surface area (Å²) in [7, 11) is -6.61. The molecular weight excluding hydrogens is 985 g/mol. The van der Waals surface area contributed by atoms with Crippen molar-refractivity contribution in [1.82, 2.24) is 29.4 Å². The van der Waals surface area contributed by atoms with Gasteiger partial charge < -0.3 is 30.6 Å². The first-order chi connectivity index (χ1) is 30.9. The molecule has 67 heavy (non-hydrogen) atoms. The molecule has 27 heteroatoms. The average Bonchev–Trinajstić information content (AvgIpc) is 3.66. The number of aliphatic carboxylic acids is 6. The minimum atomic E-state index is -3.30. The van der Waals surface area contributed by atoms with E-state index in [9.17, 15) is 55.2 Å². The van der Waals surface area contributed by atoms with E-state index >= 15 is 0 Å². The Balaban J connectivity index is 0.000000314. The van der Waals surface area contributed by atoms with Crippen molar-refractivity contribution in [2.45, 2.75) is 9.79 Å². The molecule has 2 fully saturated rings. The standard InChI is InChI=1S/2C12H21N3O6.2C8H6O3S.Ga.3H/c2*16-10(17)7-13-1-2-14(8-11(18)19)5-6-15(4-3-13)9-12(20)21;2*9-7-5-12(10,11)8-4-2-1-3-6(7)8;;;;/h2*1-9H2,(H,16,17)(H,18,19)(H,20,21);2*1-4H,5H2;;;;/i;;;;1-2;;;. The van der Waals surface area contributed by atoms with Crippen molar-refractivity contribution in [3.8, 4) is 0 Å². The Bertz CT molecular complexity index is 2020. The molecule has 4 heterocycles. The number of sulfone groups is 2. The van der Waals surface area contributed by atoms with Crippen LogP contribution in [0.1, 0.15) is 20.7 Å². The third-order valence-electron chi connectivity index (χ3n) is 10.2. The number of carboxylic acid groups (broad SMARTS) is 6. The summed E-state index contributed by atoms with van der Waals surface area (Å²) in [5.74, 6) is -7.07. The van der Waals surface area contributed by atoms with Crippen molar-refractivity contribution in [1.29, 1.82) is 0 Å². The van der Waals surface area contributed by atoms with Crippen LogP contribution >= 0.6 is 0 Å². The Hall–Kier alpha value is -5.10. The van der Waals surface area contributed by atoms with Crippen molar-refractivity contribution in [2.24, 2.45) is 0 Å². The third-order valence-corrected chi connectivity index (χ3v) is 13.6. The first kappa shape index (κ1) is 58.0. The van der Waals surface area contributed by atoms with Gasteiger partial charge in [-0.25, -0.2) is 16.8 Å². The molecule has 2 aromatic rings. The number of benzene rings is 2. The summed E-state index contributed by atoms with van der Waals surface area (Å²) in [5, 5.41) is 53.2. The molecule has 4 aliphatic rings. The van der Waals surface area contributed by atoms with Gasteiger partial charge in [0.2, 0.25) is 0 Å². The normalized spacial score (nSPS) is 19.0. The van der Waals surface area contributed by atoms with Gasteiger partial charge in [-0.3, -0.25) is 67.8 Å². The number of carbonyl (C=O) groups is 8. The third kappa shape index (κ3) is 20.7. The fourth-order valence-electron chi connectivity index (χ4n) is 7.06. The van der Waals surface area contributed by atoms with Crippen LogP contribution in [-0.4, -0.2) is 273 Å². The quantitative estimate of drug-likeness (QED) is 0.112. The Labute approximate surface area is 399 Å². The van der Waals surface area contributed by atoms with Crippen LogP contribution in [0, 0.1) is 0 Å². The number of carboxylic acids is 6. The molecule has 0 atom stereocenters. The molecule has 2 aromatic carbocycles. The molecule has 6 rings (SSSR count). The number of ketones is 2. The topological polar surface area (TPSA) is 346 Å². The summed E-state index contributed by atoms with van der Waals surface area (Å²) in [6.45, 7) is 4.52. The van der Waals surface area contributed by atoms with Gasteiger partial charge in [-0.05, 0) is 12.1 Å². The average molecular weight is 1040 g/mol. The zero-order chi connectivity index (χ0) is 49.2.